The molecular weight excluding hydrogens is 508 g/mol. The van der Waals surface area contributed by atoms with Gasteiger partial charge in [-0.25, -0.2) is 0 Å². The van der Waals surface area contributed by atoms with Crippen molar-refractivity contribution < 1.29 is 33.5 Å². The number of carbonyl (C=O) groups excluding carboxylic acids is 6. The van der Waals surface area contributed by atoms with Crippen molar-refractivity contribution in [3.63, 3.8) is 0 Å². The van der Waals surface area contributed by atoms with Gasteiger partial charge in [0.15, 0.2) is 0 Å². The second-order valence-electron chi connectivity index (χ2n) is 9.59. The minimum Gasteiger partial charge on any atom is -0.491 e. The average molecular weight is 545 g/mol. The Morgan fingerprint density at radius 2 is 1.90 bits per heavy atom. The van der Waals surface area contributed by atoms with Gasteiger partial charge in [0.2, 0.25) is 29.5 Å². The number of hydrogen-bond acceptors (Lipinski definition) is 7. The second kappa shape index (κ2) is 14.1. The third-order valence-electron chi connectivity index (χ3n) is 6.59. The quantitative estimate of drug-likeness (QED) is 0.300. The summed E-state index contributed by atoms with van der Waals surface area (Å²) >= 11 is 0. The summed E-state index contributed by atoms with van der Waals surface area (Å²) in [5.41, 5.74) is 5.42. The van der Waals surface area contributed by atoms with Gasteiger partial charge in [-0.1, -0.05) is 12.1 Å². The van der Waals surface area contributed by atoms with E-state index in [0.29, 0.717) is 25.9 Å². The Kier molecular flexibility index (Phi) is 10.6. The van der Waals surface area contributed by atoms with Crippen LogP contribution in [0.2, 0.25) is 0 Å². The van der Waals surface area contributed by atoms with Crippen LogP contribution in [0.25, 0.3) is 0 Å². The predicted molar refractivity (Wildman–Crippen MR) is 139 cm³/mol. The van der Waals surface area contributed by atoms with Crippen molar-refractivity contribution in [1.29, 1.82) is 0 Å². The van der Waals surface area contributed by atoms with Crippen molar-refractivity contribution in [3.8, 4) is 5.75 Å². The second-order valence-corrected chi connectivity index (χ2v) is 9.59. The lowest BCUT2D eigenvalue weighted by Gasteiger charge is -2.26. The molecule has 3 rings (SSSR count). The lowest BCUT2D eigenvalue weighted by atomic mass is 10.1. The van der Waals surface area contributed by atoms with Crippen molar-refractivity contribution >= 4 is 35.4 Å². The van der Waals surface area contributed by atoms with E-state index in [2.05, 4.69) is 16.0 Å². The van der Waals surface area contributed by atoms with Gasteiger partial charge in [0.25, 0.3) is 5.91 Å². The minimum absolute atomic E-state index is 0.0214. The normalized spacial score (nSPS) is 20.8. The largest absolute Gasteiger partial charge is 0.491 e. The van der Waals surface area contributed by atoms with Gasteiger partial charge in [-0.2, -0.15) is 0 Å². The highest BCUT2D eigenvalue weighted by Gasteiger charge is 2.30. The molecule has 1 saturated heterocycles. The molecule has 0 unspecified atom stereocenters. The molecule has 13 heteroatoms. The van der Waals surface area contributed by atoms with E-state index in [1.165, 1.54) is 18.0 Å². The standard InChI is InChI=1S/C26H36N6O7/c1-31-14-15-39-20-7-3-2-6-17(20)24(36)30-19(16-22(34)29-18(26(31)38)9-10-21(27)33)25(37)28-11-5-13-32-12-4-8-23(32)35/h2-3,6-7,18-19H,4-5,8-16H2,1H3,(H2,27,33)(H,28,37)(H,29,34)(H,30,36)/t18-,19-/m0/s1. The first-order valence-corrected chi connectivity index (χ1v) is 13.1. The molecule has 2 heterocycles. The van der Waals surface area contributed by atoms with Gasteiger partial charge in [0.05, 0.1) is 18.5 Å². The molecule has 0 bridgehead atoms. The molecule has 13 nitrogen and oxygen atoms in total. The number of para-hydroxylation sites is 1. The van der Waals surface area contributed by atoms with Gasteiger partial charge in [-0.05, 0) is 31.4 Å². The van der Waals surface area contributed by atoms with Crippen molar-refractivity contribution in [2.24, 2.45) is 5.73 Å². The number of nitrogens with one attached hydrogen (secondary N) is 3. The van der Waals surface area contributed by atoms with E-state index >= 15 is 0 Å². The zero-order chi connectivity index (χ0) is 28.4. The third kappa shape index (κ3) is 8.69. The number of ether oxygens (including phenoxy) is 1. The van der Waals surface area contributed by atoms with E-state index in [0.717, 1.165) is 6.42 Å². The number of nitrogens with two attached hydrogens (primary N) is 1. The number of rotatable bonds is 8. The first-order valence-electron chi connectivity index (χ1n) is 13.1. The van der Waals surface area contributed by atoms with Crippen molar-refractivity contribution in [3.05, 3.63) is 29.8 Å². The lowest BCUT2D eigenvalue weighted by molar-refractivity contribution is -0.136. The first-order chi connectivity index (χ1) is 18.7. The highest BCUT2D eigenvalue weighted by atomic mass is 16.5. The zero-order valence-corrected chi connectivity index (χ0v) is 22.1. The van der Waals surface area contributed by atoms with Crippen molar-refractivity contribution in [2.75, 3.05) is 39.8 Å². The molecule has 0 aromatic heterocycles. The highest BCUT2D eigenvalue weighted by molar-refractivity contribution is 6.01. The van der Waals surface area contributed by atoms with Crippen molar-refractivity contribution in [2.45, 2.75) is 50.6 Å². The Morgan fingerprint density at radius 3 is 2.62 bits per heavy atom. The summed E-state index contributed by atoms with van der Waals surface area (Å²) in [4.78, 5) is 78.4. The highest BCUT2D eigenvalue weighted by Crippen LogP contribution is 2.19. The molecule has 5 N–H and O–H groups in total. The number of nitrogens with zero attached hydrogens (tertiary/aromatic N) is 2. The number of primary amides is 1. The van der Waals surface area contributed by atoms with Crippen LogP contribution in [0.3, 0.4) is 0 Å². The average Bonchev–Trinajstić information content (AvgIpc) is 3.31. The molecule has 0 aliphatic carbocycles. The van der Waals surface area contributed by atoms with Gasteiger partial charge in [0, 0.05) is 39.5 Å². The topological polar surface area (TPSA) is 180 Å². The zero-order valence-electron chi connectivity index (χ0n) is 22.1. The summed E-state index contributed by atoms with van der Waals surface area (Å²) in [5.74, 6) is -2.57. The van der Waals surface area contributed by atoms with Crippen LogP contribution in [0.1, 0.15) is 48.9 Å². The predicted octanol–water partition coefficient (Wildman–Crippen LogP) is -1.10. The molecule has 2 atom stereocenters. The van der Waals surface area contributed by atoms with E-state index in [4.69, 9.17) is 10.5 Å². The number of hydrogen-bond donors (Lipinski definition) is 4. The van der Waals surface area contributed by atoms with E-state index in [1.54, 1.807) is 23.1 Å². The fourth-order valence-electron chi connectivity index (χ4n) is 4.42. The Balaban J connectivity index is 1.76. The Morgan fingerprint density at radius 1 is 1.13 bits per heavy atom. The maximum Gasteiger partial charge on any atom is 0.255 e. The van der Waals surface area contributed by atoms with Gasteiger partial charge in [-0.15, -0.1) is 0 Å². The number of amides is 6. The van der Waals surface area contributed by atoms with E-state index in [9.17, 15) is 28.8 Å². The van der Waals surface area contributed by atoms with Crippen LogP contribution in [0.15, 0.2) is 24.3 Å². The smallest absolute Gasteiger partial charge is 0.255 e. The molecule has 0 spiro atoms. The summed E-state index contributed by atoms with van der Waals surface area (Å²) in [6.07, 6.45) is 1.26. The van der Waals surface area contributed by atoms with Crippen LogP contribution in [-0.4, -0.2) is 97.2 Å². The first kappa shape index (κ1) is 29.4. The molecule has 1 aromatic carbocycles. The summed E-state index contributed by atoms with van der Waals surface area (Å²) in [6.45, 7) is 1.65. The maximum absolute atomic E-state index is 13.1. The number of likely N-dealkylation sites (tertiary alicyclic amines) is 1. The third-order valence-corrected chi connectivity index (χ3v) is 6.59. The van der Waals surface area contributed by atoms with Crippen LogP contribution in [0.4, 0.5) is 0 Å². The maximum atomic E-state index is 13.1. The molecule has 2 aliphatic rings. The van der Waals surface area contributed by atoms with Gasteiger partial charge in [0.1, 0.15) is 24.4 Å². The lowest BCUT2D eigenvalue weighted by Crippen LogP contribution is -2.53. The summed E-state index contributed by atoms with van der Waals surface area (Å²) in [5, 5.41) is 7.90. The molecule has 6 amide bonds. The Hall–Kier alpha value is -4.16. The van der Waals surface area contributed by atoms with E-state index in [-0.39, 0.29) is 49.8 Å². The Labute approximate surface area is 226 Å². The molecule has 1 fully saturated rings. The van der Waals surface area contributed by atoms with Crippen LogP contribution in [-0.2, 0) is 24.0 Å². The Bertz CT molecular complexity index is 1090. The fourth-order valence-corrected chi connectivity index (χ4v) is 4.42. The van der Waals surface area contributed by atoms with Crippen LogP contribution in [0.5, 0.6) is 5.75 Å². The van der Waals surface area contributed by atoms with Crippen LogP contribution >= 0.6 is 0 Å². The van der Waals surface area contributed by atoms with Gasteiger partial charge < -0.3 is 36.2 Å². The molecular formula is C26H36N6O7. The van der Waals surface area contributed by atoms with Gasteiger partial charge >= 0.3 is 0 Å². The monoisotopic (exact) mass is 544 g/mol. The molecule has 0 radical (unpaired) electrons. The number of carbonyl (C=O) groups is 6. The summed E-state index contributed by atoms with van der Waals surface area (Å²) in [6, 6.07) is 4.15. The van der Waals surface area contributed by atoms with Gasteiger partial charge in [-0.3, -0.25) is 28.8 Å². The number of benzene rings is 1. The number of fused-ring (bicyclic) bond motifs is 1. The molecule has 39 heavy (non-hydrogen) atoms. The van der Waals surface area contributed by atoms with Crippen LogP contribution < -0.4 is 26.4 Å². The SMILES string of the molecule is CN1CCOc2ccccc2C(=O)N[C@H](C(=O)NCCCN2CCCC2=O)CC(=O)N[C@@H](CCC(N)=O)C1=O. The molecule has 2 aliphatic heterocycles. The van der Waals surface area contributed by atoms with Crippen LogP contribution in [0, 0.1) is 0 Å². The minimum atomic E-state index is -1.26. The fraction of sp³-hybridized carbons (Fsp3) is 0.538. The summed E-state index contributed by atoms with van der Waals surface area (Å²) in [7, 11) is 1.53. The number of likely N-dealkylation sites (N-methyl/N-ethyl adjacent to an activating group) is 1. The van der Waals surface area contributed by atoms with E-state index in [1.807, 2.05) is 0 Å². The molecule has 0 saturated carbocycles. The summed E-state index contributed by atoms with van der Waals surface area (Å²) < 4.78 is 5.76. The van der Waals surface area contributed by atoms with E-state index < -0.39 is 48.0 Å². The molecule has 1 aromatic rings. The molecule has 212 valence electrons. The van der Waals surface area contributed by atoms with Crippen molar-refractivity contribution in [1.82, 2.24) is 25.8 Å².